The largest absolute Gasteiger partial charge is 0.481 e. The van der Waals surface area contributed by atoms with Crippen molar-refractivity contribution in [3.63, 3.8) is 0 Å². The monoisotopic (exact) mass is 298 g/mol. The molecule has 1 N–H and O–H groups in total. The van der Waals surface area contributed by atoms with Gasteiger partial charge in [0.25, 0.3) is 0 Å². The average Bonchev–Trinajstić information content (AvgIpc) is 2.70. The van der Waals surface area contributed by atoms with E-state index in [4.69, 9.17) is 5.11 Å². The third kappa shape index (κ3) is 2.51. The van der Waals surface area contributed by atoms with Crippen LogP contribution in [0.25, 0.3) is 5.69 Å². The van der Waals surface area contributed by atoms with Gasteiger partial charge in [-0.05, 0) is 20.8 Å². The van der Waals surface area contributed by atoms with E-state index in [-0.39, 0.29) is 5.69 Å². The summed E-state index contributed by atoms with van der Waals surface area (Å²) < 4.78 is 40.8. The number of aromatic nitrogens is 2. The first-order chi connectivity index (χ1) is 9.73. The fourth-order valence-corrected chi connectivity index (χ4v) is 2.32. The second-order valence-electron chi connectivity index (χ2n) is 4.78. The van der Waals surface area contributed by atoms with Crippen LogP contribution in [-0.2, 0) is 4.79 Å². The smallest absolute Gasteiger partial charge is 0.310 e. The zero-order valence-corrected chi connectivity index (χ0v) is 11.6. The Morgan fingerprint density at radius 3 is 2.24 bits per heavy atom. The lowest BCUT2D eigenvalue weighted by Gasteiger charge is -2.09. The van der Waals surface area contributed by atoms with Gasteiger partial charge < -0.3 is 5.11 Å². The van der Waals surface area contributed by atoms with Crippen LogP contribution >= 0.6 is 0 Å². The molecule has 0 aliphatic rings. The Kier molecular flexibility index (Phi) is 3.76. The summed E-state index contributed by atoms with van der Waals surface area (Å²) in [5.74, 6) is -6.05. The Labute approximate surface area is 118 Å². The number of carbonyl (C=O) groups is 1. The summed E-state index contributed by atoms with van der Waals surface area (Å²) in [6.07, 6.45) is 0. The molecule has 112 valence electrons. The van der Waals surface area contributed by atoms with E-state index in [1.165, 1.54) is 11.6 Å². The first kappa shape index (κ1) is 15.1. The Morgan fingerprint density at radius 1 is 1.24 bits per heavy atom. The molecule has 0 spiro atoms. The van der Waals surface area contributed by atoms with Crippen LogP contribution in [0.3, 0.4) is 0 Å². The molecule has 0 saturated carbocycles. The Bertz CT molecular complexity index is 702. The zero-order valence-electron chi connectivity index (χ0n) is 11.6. The summed E-state index contributed by atoms with van der Waals surface area (Å²) in [5.41, 5.74) is 1.34. The number of benzene rings is 1. The number of nitrogens with zero attached hydrogens (tertiary/aromatic N) is 2. The Morgan fingerprint density at radius 2 is 1.76 bits per heavy atom. The zero-order chi connectivity index (χ0) is 15.9. The second kappa shape index (κ2) is 5.23. The molecule has 7 heteroatoms. The van der Waals surface area contributed by atoms with Crippen molar-refractivity contribution >= 4 is 5.97 Å². The molecule has 0 fully saturated rings. The highest BCUT2D eigenvalue weighted by Crippen LogP contribution is 2.26. The fraction of sp³-hybridized carbons (Fsp3) is 0.286. The molecule has 2 aromatic rings. The number of aryl methyl sites for hydroxylation is 1. The van der Waals surface area contributed by atoms with Gasteiger partial charge in [0.05, 0.1) is 17.3 Å². The van der Waals surface area contributed by atoms with Crippen LogP contribution in [0.2, 0.25) is 0 Å². The van der Waals surface area contributed by atoms with Gasteiger partial charge in [-0.3, -0.25) is 4.79 Å². The minimum atomic E-state index is -1.56. The molecule has 4 nitrogen and oxygen atoms in total. The molecule has 0 saturated heterocycles. The summed E-state index contributed by atoms with van der Waals surface area (Å²) in [7, 11) is 0. The molecule has 1 heterocycles. The van der Waals surface area contributed by atoms with Crippen LogP contribution in [-0.4, -0.2) is 20.9 Å². The van der Waals surface area contributed by atoms with E-state index in [1.807, 2.05) is 0 Å². The number of rotatable bonds is 3. The van der Waals surface area contributed by atoms with Crippen LogP contribution in [0.15, 0.2) is 12.1 Å². The Balaban J connectivity index is 2.62. The molecule has 0 aliphatic heterocycles. The normalized spacial score (nSPS) is 12.5. The molecular weight excluding hydrogens is 285 g/mol. The summed E-state index contributed by atoms with van der Waals surface area (Å²) in [6.45, 7) is 4.69. The first-order valence-corrected chi connectivity index (χ1v) is 6.17. The van der Waals surface area contributed by atoms with Gasteiger partial charge in [-0.15, -0.1) is 0 Å². The third-order valence-electron chi connectivity index (χ3n) is 3.36. The van der Waals surface area contributed by atoms with Gasteiger partial charge in [0, 0.05) is 23.4 Å². The minimum Gasteiger partial charge on any atom is -0.481 e. The van der Waals surface area contributed by atoms with Crippen LogP contribution in [0, 0.1) is 31.3 Å². The maximum absolute atomic E-state index is 13.3. The van der Waals surface area contributed by atoms with Gasteiger partial charge >= 0.3 is 5.97 Å². The highest BCUT2D eigenvalue weighted by Gasteiger charge is 2.24. The molecule has 0 aliphatic carbocycles. The summed E-state index contributed by atoms with van der Waals surface area (Å²) in [5, 5.41) is 13.2. The highest BCUT2D eigenvalue weighted by atomic mass is 19.2. The number of hydrogen-bond acceptors (Lipinski definition) is 2. The minimum absolute atomic E-state index is 0.00385. The maximum Gasteiger partial charge on any atom is 0.310 e. The van der Waals surface area contributed by atoms with Gasteiger partial charge in [-0.1, -0.05) is 0 Å². The average molecular weight is 298 g/mol. The standard InChI is InChI=1S/C14H13F3N2O2/c1-6(14(20)21)12-7(2)18-19(8(12)3)9-4-10(15)13(17)11(16)5-9/h4-6H,1-3H3,(H,20,21). The Hall–Kier alpha value is -2.31. The van der Waals surface area contributed by atoms with Gasteiger partial charge in [0.1, 0.15) is 0 Å². The summed E-state index contributed by atoms with van der Waals surface area (Å²) >= 11 is 0. The first-order valence-electron chi connectivity index (χ1n) is 6.17. The van der Waals surface area contributed by atoms with Gasteiger partial charge in [-0.2, -0.15) is 5.10 Å². The highest BCUT2D eigenvalue weighted by molar-refractivity contribution is 5.76. The van der Waals surface area contributed by atoms with E-state index in [1.54, 1.807) is 13.8 Å². The van der Waals surface area contributed by atoms with Gasteiger partial charge in [-0.25, -0.2) is 17.9 Å². The lowest BCUT2D eigenvalue weighted by molar-refractivity contribution is -0.138. The van der Waals surface area contributed by atoms with Crippen molar-refractivity contribution in [2.75, 3.05) is 0 Å². The van der Waals surface area contributed by atoms with Crippen LogP contribution in [0.1, 0.15) is 29.8 Å². The van der Waals surface area contributed by atoms with Crippen molar-refractivity contribution < 1.29 is 23.1 Å². The van der Waals surface area contributed by atoms with Crippen molar-refractivity contribution in [3.8, 4) is 5.69 Å². The van der Waals surface area contributed by atoms with Crippen molar-refractivity contribution in [1.82, 2.24) is 9.78 Å². The number of hydrogen-bond donors (Lipinski definition) is 1. The second-order valence-corrected chi connectivity index (χ2v) is 4.78. The molecule has 0 radical (unpaired) electrons. The molecule has 1 unspecified atom stereocenters. The van der Waals surface area contributed by atoms with E-state index in [0.29, 0.717) is 17.0 Å². The van der Waals surface area contributed by atoms with Gasteiger partial charge in [0.2, 0.25) is 0 Å². The SMILES string of the molecule is Cc1nn(-c2cc(F)c(F)c(F)c2)c(C)c1C(C)C(=O)O. The van der Waals surface area contributed by atoms with Crippen molar-refractivity contribution in [2.24, 2.45) is 0 Å². The topological polar surface area (TPSA) is 55.1 Å². The van der Waals surface area contributed by atoms with E-state index >= 15 is 0 Å². The molecule has 21 heavy (non-hydrogen) atoms. The molecule has 0 bridgehead atoms. The summed E-state index contributed by atoms with van der Waals surface area (Å²) in [4.78, 5) is 11.1. The van der Waals surface area contributed by atoms with Gasteiger partial charge in [0.15, 0.2) is 17.5 Å². The molecule has 1 aromatic carbocycles. The van der Waals surface area contributed by atoms with E-state index in [0.717, 1.165) is 12.1 Å². The number of carboxylic acid groups (broad SMARTS) is 1. The van der Waals surface area contributed by atoms with E-state index < -0.39 is 29.3 Å². The summed E-state index contributed by atoms with van der Waals surface area (Å²) in [6, 6.07) is 1.63. The molecule has 0 amide bonds. The fourth-order valence-electron chi connectivity index (χ4n) is 2.32. The number of aliphatic carboxylic acids is 1. The lowest BCUT2D eigenvalue weighted by Crippen LogP contribution is -2.10. The number of carboxylic acids is 1. The third-order valence-corrected chi connectivity index (χ3v) is 3.36. The molecule has 1 atom stereocenters. The van der Waals surface area contributed by atoms with E-state index in [2.05, 4.69) is 5.10 Å². The lowest BCUT2D eigenvalue weighted by atomic mass is 9.99. The maximum atomic E-state index is 13.3. The molecular formula is C14H13F3N2O2. The number of halogens is 3. The quantitative estimate of drug-likeness (QED) is 0.886. The van der Waals surface area contributed by atoms with Crippen molar-refractivity contribution in [2.45, 2.75) is 26.7 Å². The van der Waals surface area contributed by atoms with Crippen molar-refractivity contribution in [1.29, 1.82) is 0 Å². The van der Waals surface area contributed by atoms with Crippen LogP contribution in [0.5, 0.6) is 0 Å². The predicted molar refractivity (Wildman–Crippen MR) is 69.0 cm³/mol. The predicted octanol–water partition coefficient (Wildman–Crippen LogP) is 3.09. The van der Waals surface area contributed by atoms with E-state index in [9.17, 15) is 18.0 Å². The van der Waals surface area contributed by atoms with Crippen molar-refractivity contribution in [3.05, 3.63) is 46.5 Å². The van der Waals surface area contributed by atoms with Crippen LogP contribution < -0.4 is 0 Å². The molecule has 1 aromatic heterocycles. The molecule has 2 rings (SSSR count). The van der Waals surface area contributed by atoms with Crippen LogP contribution in [0.4, 0.5) is 13.2 Å².